The van der Waals surface area contributed by atoms with Gasteiger partial charge < -0.3 is 33.8 Å². The monoisotopic (exact) mass is 1270 g/mol. The van der Waals surface area contributed by atoms with E-state index in [0.717, 1.165) is 108 Å². The van der Waals surface area contributed by atoms with Gasteiger partial charge in [0.15, 0.2) is 12.2 Å². The Morgan fingerprint density at radius 1 is 0.326 bits per heavy atom. The molecule has 0 saturated heterocycles. The number of carbonyl (C=O) groups is 4. The summed E-state index contributed by atoms with van der Waals surface area (Å²) in [5.74, 6) is 0.773. The fourth-order valence-corrected chi connectivity index (χ4v) is 11.5. The number of rotatable bonds is 64. The largest absolute Gasteiger partial charge is 0.472 e. The van der Waals surface area contributed by atoms with Crippen LogP contribution in [0.25, 0.3) is 0 Å². The summed E-state index contributed by atoms with van der Waals surface area (Å²) in [4.78, 5) is 72.3. The number of hydrogen-bond donors (Lipinski definition) is 3. The minimum atomic E-state index is -4.95. The van der Waals surface area contributed by atoms with Gasteiger partial charge >= 0.3 is 39.5 Å². The van der Waals surface area contributed by atoms with Gasteiger partial charge in [0.25, 0.3) is 0 Å². The van der Waals surface area contributed by atoms with Crippen molar-refractivity contribution in [3.63, 3.8) is 0 Å². The summed E-state index contributed by atoms with van der Waals surface area (Å²) in [7, 11) is -9.89. The molecule has 510 valence electrons. The zero-order chi connectivity index (χ0) is 63.9. The van der Waals surface area contributed by atoms with Crippen molar-refractivity contribution in [3.05, 3.63) is 0 Å². The van der Waals surface area contributed by atoms with Gasteiger partial charge in [-0.2, -0.15) is 0 Å². The molecule has 19 heteroatoms. The summed E-state index contributed by atoms with van der Waals surface area (Å²) in [6, 6.07) is 0. The first-order valence-electron chi connectivity index (χ1n) is 34.7. The van der Waals surface area contributed by atoms with Gasteiger partial charge in [-0.1, -0.05) is 274 Å². The highest BCUT2D eigenvalue weighted by molar-refractivity contribution is 7.47. The minimum absolute atomic E-state index is 0.101. The first kappa shape index (κ1) is 84.1. The van der Waals surface area contributed by atoms with Crippen molar-refractivity contribution in [3.8, 4) is 0 Å². The number of aliphatic hydroxyl groups is 1. The van der Waals surface area contributed by atoms with E-state index in [9.17, 15) is 43.2 Å². The van der Waals surface area contributed by atoms with Gasteiger partial charge in [0.05, 0.1) is 26.4 Å². The zero-order valence-corrected chi connectivity index (χ0v) is 57.7. The Kier molecular flexibility index (Phi) is 55.7. The van der Waals surface area contributed by atoms with E-state index in [0.29, 0.717) is 37.5 Å². The molecule has 3 unspecified atom stereocenters. The summed E-state index contributed by atoms with van der Waals surface area (Å²) in [6.07, 6.45) is 37.8. The third-order valence-electron chi connectivity index (χ3n) is 15.7. The molecule has 0 amide bonds. The highest BCUT2D eigenvalue weighted by Gasteiger charge is 2.30. The summed E-state index contributed by atoms with van der Waals surface area (Å²) in [5, 5.41) is 10.6. The highest BCUT2D eigenvalue weighted by atomic mass is 31.2. The van der Waals surface area contributed by atoms with Crippen LogP contribution in [0.2, 0.25) is 0 Å². The number of phosphoric ester groups is 2. The normalized spacial score (nSPS) is 14.7. The van der Waals surface area contributed by atoms with Crippen LogP contribution in [0.4, 0.5) is 0 Å². The van der Waals surface area contributed by atoms with E-state index >= 15 is 0 Å². The van der Waals surface area contributed by atoms with Gasteiger partial charge in [0.2, 0.25) is 0 Å². The Labute approximate surface area is 524 Å². The summed E-state index contributed by atoms with van der Waals surface area (Å²) < 4.78 is 68.1. The number of carbonyl (C=O) groups excluding carboxylic acids is 4. The summed E-state index contributed by atoms with van der Waals surface area (Å²) >= 11 is 0. The second-order valence-corrected chi connectivity index (χ2v) is 28.8. The summed E-state index contributed by atoms with van der Waals surface area (Å²) in [6.45, 7) is 14.0. The number of phosphoric acid groups is 2. The molecule has 0 radical (unpaired) electrons. The van der Waals surface area contributed by atoms with Gasteiger partial charge in [0, 0.05) is 25.7 Å². The lowest BCUT2D eigenvalue weighted by Crippen LogP contribution is -2.30. The first-order valence-corrected chi connectivity index (χ1v) is 37.7. The molecule has 0 aliphatic carbocycles. The smallest absolute Gasteiger partial charge is 0.462 e. The van der Waals surface area contributed by atoms with Crippen LogP contribution in [0.15, 0.2) is 0 Å². The maximum atomic E-state index is 13.0. The molecule has 0 bridgehead atoms. The number of esters is 4. The zero-order valence-electron chi connectivity index (χ0n) is 55.9. The van der Waals surface area contributed by atoms with E-state index in [1.54, 1.807) is 0 Å². The second-order valence-electron chi connectivity index (χ2n) is 25.9. The van der Waals surface area contributed by atoms with Crippen LogP contribution in [0, 0.1) is 23.7 Å². The molecule has 0 aromatic heterocycles. The van der Waals surface area contributed by atoms with Crippen molar-refractivity contribution in [1.82, 2.24) is 0 Å². The quantitative estimate of drug-likeness (QED) is 0.0222. The molecule has 86 heavy (non-hydrogen) atoms. The van der Waals surface area contributed by atoms with Crippen LogP contribution in [-0.4, -0.2) is 96.7 Å². The van der Waals surface area contributed by atoms with Gasteiger partial charge in [-0.15, -0.1) is 0 Å². The predicted molar refractivity (Wildman–Crippen MR) is 344 cm³/mol. The van der Waals surface area contributed by atoms with E-state index in [1.165, 1.54) is 122 Å². The van der Waals surface area contributed by atoms with Gasteiger partial charge in [0.1, 0.15) is 19.3 Å². The minimum Gasteiger partial charge on any atom is -0.462 e. The van der Waals surface area contributed by atoms with E-state index in [2.05, 4.69) is 55.4 Å². The number of ether oxygens (including phenoxy) is 4. The molecule has 0 aromatic carbocycles. The van der Waals surface area contributed by atoms with Crippen LogP contribution in [-0.2, 0) is 65.4 Å². The number of hydrogen-bond acceptors (Lipinski definition) is 15. The lowest BCUT2D eigenvalue weighted by molar-refractivity contribution is -0.161. The topological polar surface area (TPSA) is 237 Å². The van der Waals surface area contributed by atoms with Crippen molar-refractivity contribution in [1.29, 1.82) is 0 Å². The van der Waals surface area contributed by atoms with Gasteiger partial charge in [-0.25, -0.2) is 9.13 Å². The van der Waals surface area contributed by atoms with E-state index in [1.807, 2.05) is 0 Å². The van der Waals surface area contributed by atoms with Crippen molar-refractivity contribution < 1.29 is 80.2 Å². The highest BCUT2D eigenvalue weighted by Crippen LogP contribution is 2.45. The van der Waals surface area contributed by atoms with Crippen molar-refractivity contribution in [2.24, 2.45) is 23.7 Å². The Morgan fingerprint density at radius 2 is 0.558 bits per heavy atom. The van der Waals surface area contributed by atoms with E-state index in [-0.39, 0.29) is 25.7 Å². The molecule has 0 heterocycles. The fourth-order valence-electron chi connectivity index (χ4n) is 9.93. The van der Waals surface area contributed by atoms with E-state index in [4.69, 9.17) is 37.0 Å². The van der Waals surface area contributed by atoms with Gasteiger partial charge in [-0.3, -0.25) is 37.3 Å². The molecule has 3 N–H and O–H groups in total. The molecule has 17 nitrogen and oxygen atoms in total. The fraction of sp³-hybridized carbons (Fsp3) is 0.940. The Bertz CT molecular complexity index is 1720. The van der Waals surface area contributed by atoms with Crippen LogP contribution >= 0.6 is 15.6 Å². The Balaban J connectivity index is 5.21. The van der Waals surface area contributed by atoms with Crippen molar-refractivity contribution in [2.45, 2.75) is 343 Å². The van der Waals surface area contributed by atoms with Crippen LogP contribution in [0.5, 0.6) is 0 Å². The van der Waals surface area contributed by atoms with E-state index < -0.39 is 97.5 Å². The molecule has 0 rings (SSSR count). The maximum Gasteiger partial charge on any atom is 0.472 e. The standard InChI is InChI=1S/C67H130O17P2/c1-9-60(8)46-38-30-20-17-18-21-31-39-47-64(69)77-53-63(84-67(72)50-42-34-26-24-29-37-45-59(6)7)56-82-86(75,76)80-52-61(68)51-79-85(73,74)81-55-62(54-78-65(70)48-40-32-25-23-28-36-44-58(4)5)83-66(71)49-41-33-22-16-14-12-10-11-13-15-19-27-35-43-57(2)3/h57-63,68H,9-56H2,1-8H3,(H,73,74)(H,75,76)/t60?,61-,62+,63+/m0/s1. The van der Waals surface area contributed by atoms with Crippen LogP contribution in [0.3, 0.4) is 0 Å². The molecule has 0 spiro atoms. The molecule has 0 aliphatic heterocycles. The first-order chi connectivity index (χ1) is 41.1. The molecule has 6 atom stereocenters. The summed E-state index contributed by atoms with van der Waals surface area (Å²) in [5.41, 5.74) is 0. The van der Waals surface area contributed by atoms with Crippen molar-refractivity contribution >= 4 is 39.5 Å². The predicted octanol–water partition coefficient (Wildman–Crippen LogP) is 18.5. The molecular weight excluding hydrogens is 1140 g/mol. The molecule has 0 fully saturated rings. The van der Waals surface area contributed by atoms with Crippen molar-refractivity contribution in [2.75, 3.05) is 39.6 Å². The average Bonchev–Trinajstić information content (AvgIpc) is 3.68. The maximum absolute atomic E-state index is 13.0. The Morgan fingerprint density at radius 3 is 0.826 bits per heavy atom. The lowest BCUT2D eigenvalue weighted by Gasteiger charge is -2.21. The Hall–Kier alpha value is -1.94. The number of aliphatic hydroxyl groups excluding tert-OH is 1. The molecule has 0 aliphatic rings. The van der Waals surface area contributed by atoms with Crippen LogP contribution < -0.4 is 0 Å². The lowest BCUT2D eigenvalue weighted by atomic mass is 9.99. The second kappa shape index (κ2) is 57.0. The third kappa shape index (κ3) is 59.7. The SMILES string of the molecule is CCC(C)CCCCCCCCCCC(=O)OC[C@H](COP(=O)(O)OC[C@@H](O)COP(=O)(O)OC[C@@H](COC(=O)CCCCCCCCC(C)C)OC(=O)CCCCCCCCCCCCCCCC(C)C)OC(=O)CCCCCCCCC(C)C. The van der Waals surface area contributed by atoms with Crippen LogP contribution in [0.1, 0.15) is 325 Å². The average molecular weight is 1270 g/mol. The molecule has 0 aromatic rings. The number of unbranched alkanes of at least 4 members (excludes halogenated alkanes) is 29. The third-order valence-corrected chi connectivity index (χ3v) is 17.6. The van der Waals surface area contributed by atoms with Gasteiger partial charge in [-0.05, 0) is 49.4 Å². The molecular formula is C67H130O17P2. The molecule has 0 saturated carbocycles.